The van der Waals surface area contributed by atoms with Crippen molar-refractivity contribution in [2.45, 2.75) is 33.2 Å². The van der Waals surface area contributed by atoms with Crippen LogP contribution in [0.5, 0.6) is 0 Å². The number of carbonyl (C=O) groups is 1. The lowest BCUT2D eigenvalue weighted by atomic mass is 10.3. The van der Waals surface area contributed by atoms with Gasteiger partial charge in [0.05, 0.1) is 7.11 Å². The van der Waals surface area contributed by atoms with Crippen LogP contribution in [-0.4, -0.2) is 35.6 Å². The third kappa shape index (κ3) is 3.58. The molecule has 0 aromatic carbocycles. The fraction of sp³-hybridized carbons (Fsp3) is 0.583. The molecule has 0 radical (unpaired) electrons. The molecule has 0 bridgehead atoms. The SMILES string of the molecule is CCc1nc(N(CC(=O)OC)C(C)C)cc(=O)[nH]1. The van der Waals surface area contributed by atoms with Gasteiger partial charge in [0.15, 0.2) is 0 Å². The largest absolute Gasteiger partial charge is 0.468 e. The number of aromatic nitrogens is 2. The zero-order valence-electron chi connectivity index (χ0n) is 11.2. The van der Waals surface area contributed by atoms with E-state index in [2.05, 4.69) is 14.7 Å². The Bertz CT molecular complexity index is 468. The molecule has 0 aliphatic rings. The number of methoxy groups -OCH3 is 1. The van der Waals surface area contributed by atoms with Gasteiger partial charge in [0, 0.05) is 18.5 Å². The number of ether oxygens (including phenoxy) is 1. The Morgan fingerprint density at radius 1 is 1.56 bits per heavy atom. The lowest BCUT2D eigenvalue weighted by molar-refractivity contribution is -0.139. The summed E-state index contributed by atoms with van der Waals surface area (Å²) in [5, 5.41) is 0. The number of rotatable bonds is 5. The van der Waals surface area contributed by atoms with Crippen LogP contribution in [0.25, 0.3) is 0 Å². The molecule has 0 fully saturated rings. The molecule has 0 unspecified atom stereocenters. The highest BCUT2D eigenvalue weighted by Gasteiger charge is 2.17. The number of aryl methyl sites for hydroxylation is 1. The Hall–Kier alpha value is -1.85. The second kappa shape index (κ2) is 6.18. The van der Waals surface area contributed by atoms with Crippen molar-refractivity contribution in [3.05, 3.63) is 22.2 Å². The number of hydrogen-bond acceptors (Lipinski definition) is 5. The van der Waals surface area contributed by atoms with Crippen molar-refractivity contribution in [1.82, 2.24) is 9.97 Å². The van der Waals surface area contributed by atoms with Crippen molar-refractivity contribution in [1.29, 1.82) is 0 Å². The molecule has 18 heavy (non-hydrogen) atoms. The van der Waals surface area contributed by atoms with Crippen molar-refractivity contribution in [2.75, 3.05) is 18.6 Å². The summed E-state index contributed by atoms with van der Waals surface area (Å²) in [6.07, 6.45) is 0.632. The fourth-order valence-corrected chi connectivity index (χ4v) is 1.54. The molecule has 0 spiro atoms. The van der Waals surface area contributed by atoms with Gasteiger partial charge in [-0.3, -0.25) is 9.59 Å². The van der Waals surface area contributed by atoms with Gasteiger partial charge in [-0.15, -0.1) is 0 Å². The van der Waals surface area contributed by atoms with Crippen molar-refractivity contribution in [2.24, 2.45) is 0 Å². The van der Waals surface area contributed by atoms with Gasteiger partial charge in [-0.05, 0) is 13.8 Å². The Morgan fingerprint density at radius 3 is 2.72 bits per heavy atom. The number of esters is 1. The smallest absolute Gasteiger partial charge is 0.325 e. The average molecular weight is 253 g/mol. The lowest BCUT2D eigenvalue weighted by Gasteiger charge is -2.26. The van der Waals surface area contributed by atoms with Crippen LogP contribution in [-0.2, 0) is 16.0 Å². The normalized spacial score (nSPS) is 10.5. The van der Waals surface area contributed by atoms with Crippen LogP contribution in [0.4, 0.5) is 5.82 Å². The number of H-pyrrole nitrogens is 1. The van der Waals surface area contributed by atoms with Crippen LogP contribution in [0, 0.1) is 0 Å². The quantitative estimate of drug-likeness (QED) is 0.783. The zero-order chi connectivity index (χ0) is 13.7. The molecular weight excluding hydrogens is 234 g/mol. The van der Waals surface area contributed by atoms with E-state index in [1.54, 1.807) is 4.90 Å². The molecule has 100 valence electrons. The molecule has 1 rings (SSSR count). The predicted octanol–water partition coefficient (Wildman–Crippen LogP) is 0.720. The molecule has 6 nitrogen and oxygen atoms in total. The predicted molar refractivity (Wildman–Crippen MR) is 68.7 cm³/mol. The van der Waals surface area contributed by atoms with E-state index in [-0.39, 0.29) is 24.1 Å². The Labute approximate surface area is 106 Å². The summed E-state index contributed by atoms with van der Waals surface area (Å²) in [5.74, 6) is 0.743. The Kier molecular flexibility index (Phi) is 4.88. The number of hydrogen-bond donors (Lipinski definition) is 1. The first-order valence-electron chi connectivity index (χ1n) is 5.91. The van der Waals surface area contributed by atoms with E-state index in [1.165, 1.54) is 13.2 Å². The fourth-order valence-electron chi connectivity index (χ4n) is 1.54. The highest BCUT2D eigenvalue weighted by molar-refractivity contribution is 5.75. The summed E-state index contributed by atoms with van der Waals surface area (Å²) < 4.78 is 4.64. The molecule has 6 heteroatoms. The van der Waals surface area contributed by atoms with Crippen molar-refractivity contribution in [3.63, 3.8) is 0 Å². The monoisotopic (exact) mass is 253 g/mol. The molecule has 1 heterocycles. The molecule has 1 N–H and O–H groups in total. The van der Waals surface area contributed by atoms with Gasteiger partial charge in [0.2, 0.25) is 0 Å². The van der Waals surface area contributed by atoms with Gasteiger partial charge in [0.1, 0.15) is 18.2 Å². The molecule has 0 saturated carbocycles. The van der Waals surface area contributed by atoms with Crippen molar-refractivity contribution < 1.29 is 9.53 Å². The van der Waals surface area contributed by atoms with Crippen LogP contribution in [0.2, 0.25) is 0 Å². The molecule has 1 aromatic rings. The molecule has 0 atom stereocenters. The minimum absolute atomic E-state index is 0.0445. The Morgan fingerprint density at radius 2 is 2.22 bits per heavy atom. The summed E-state index contributed by atoms with van der Waals surface area (Å²) in [4.78, 5) is 31.6. The van der Waals surface area contributed by atoms with Gasteiger partial charge in [0.25, 0.3) is 5.56 Å². The molecule has 0 amide bonds. The summed E-state index contributed by atoms with van der Waals surface area (Å²) >= 11 is 0. The van der Waals surface area contributed by atoms with E-state index < -0.39 is 0 Å². The van der Waals surface area contributed by atoms with Gasteiger partial charge in [-0.2, -0.15) is 0 Å². The van der Waals surface area contributed by atoms with E-state index in [1.807, 2.05) is 20.8 Å². The highest BCUT2D eigenvalue weighted by Crippen LogP contribution is 2.12. The summed E-state index contributed by atoms with van der Waals surface area (Å²) in [5.41, 5.74) is -0.215. The number of nitrogens with zero attached hydrogens (tertiary/aromatic N) is 2. The van der Waals surface area contributed by atoms with Gasteiger partial charge >= 0.3 is 5.97 Å². The maximum Gasteiger partial charge on any atom is 0.325 e. The molecular formula is C12H19N3O3. The van der Waals surface area contributed by atoms with Crippen molar-refractivity contribution >= 4 is 11.8 Å². The van der Waals surface area contributed by atoms with Gasteiger partial charge in [-0.1, -0.05) is 6.92 Å². The van der Waals surface area contributed by atoms with Crippen LogP contribution in [0.1, 0.15) is 26.6 Å². The van der Waals surface area contributed by atoms with Gasteiger partial charge < -0.3 is 14.6 Å². The van der Waals surface area contributed by atoms with E-state index in [0.29, 0.717) is 18.1 Å². The second-order valence-corrected chi connectivity index (χ2v) is 4.20. The third-order valence-corrected chi connectivity index (χ3v) is 2.56. The topological polar surface area (TPSA) is 75.3 Å². The van der Waals surface area contributed by atoms with Gasteiger partial charge in [-0.25, -0.2) is 4.98 Å². The van der Waals surface area contributed by atoms with Crippen LogP contribution < -0.4 is 10.5 Å². The van der Waals surface area contributed by atoms with E-state index >= 15 is 0 Å². The lowest BCUT2D eigenvalue weighted by Crippen LogP contribution is -2.37. The first kappa shape index (κ1) is 14.2. The van der Waals surface area contributed by atoms with Crippen LogP contribution in [0.3, 0.4) is 0 Å². The first-order chi connectivity index (χ1) is 8.47. The zero-order valence-corrected chi connectivity index (χ0v) is 11.2. The van der Waals surface area contributed by atoms with E-state index in [4.69, 9.17) is 0 Å². The first-order valence-corrected chi connectivity index (χ1v) is 5.91. The number of nitrogens with one attached hydrogen (secondary N) is 1. The molecule has 0 aliphatic heterocycles. The Balaban J connectivity index is 3.09. The minimum atomic E-state index is -0.358. The number of carbonyl (C=O) groups excluding carboxylic acids is 1. The minimum Gasteiger partial charge on any atom is -0.468 e. The number of anilines is 1. The second-order valence-electron chi connectivity index (χ2n) is 4.20. The van der Waals surface area contributed by atoms with Crippen molar-refractivity contribution in [3.8, 4) is 0 Å². The van der Waals surface area contributed by atoms with Crippen LogP contribution in [0.15, 0.2) is 10.9 Å². The third-order valence-electron chi connectivity index (χ3n) is 2.56. The number of aromatic amines is 1. The summed E-state index contributed by atoms with van der Waals surface area (Å²) in [6.45, 7) is 5.84. The summed E-state index contributed by atoms with van der Waals surface area (Å²) in [7, 11) is 1.34. The highest BCUT2D eigenvalue weighted by atomic mass is 16.5. The molecule has 1 aromatic heterocycles. The molecule has 0 aliphatic carbocycles. The maximum atomic E-state index is 11.5. The average Bonchev–Trinajstić information content (AvgIpc) is 2.34. The van der Waals surface area contributed by atoms with E-state index in [0.717, 1.165) is 0 Å². The van der Waals surface area contributed by atoms with E-state index in [9.17, 15) is 9.59 Å². The standard InChI is InChI=1S/C12H19N3O3/c1-5-9-13-10(6-11(16)14-9)15(8(2)3)7-12(17)18-4/h6,8H,5,7H2,1-4H3,(H,13,14,16). The van der Waals surface area contributed by atoms with Crippen LogP contribution >= 0.6 is 0 Å². The molecule has 0 saturated heterocycles. The maximum absolute atomic E-state index is 11.5. The summed E-state index contributed by atoms with van der Waals surface area (Å²) in [6, 6.07) is 1.44.